The van der Waals surface area contributed by atoms with Gasteiger partial charge >= 0.3 is 0 Å². The molecule has 0 aromatic rings. The molecule has 1 aliphatic heterocycles. The van der Waals surface area contributed by atoms with E-state index in [1.165, 1.54) is 4.76 Å². The summed E-state index contributed by atoms with van der Waals surface area (Å²) in [6, 6.07) is 0. The Morgan fingerprint density at radius 3 is 1.53 bits per heavy atom. The predicted octanol–water partition coefficient (Wildman–Crippen LogP) is -2.03. The first kappa shape index (κ1) is 17.0. The standard InChI is InChI=1S/C9H17ClNO.ClHO4/c1-8(2)5-7(10)6-9(3,4)11(8)12;2-1(3,4)5/h7H,5-6H2,1-4H3;(H,2,3,4,5)/q+1;/p-1. The molecule has 1 aliphatic rings. The van der Waals surface area contributed by atoms with Gasteiger partial charge in [-0.25, -0.2) is 18.6 Å². The van der Waals surface area contributed by atoms with E-state index in [4.69, 9.17) is 30.2 Å². The van der Waals surface area contributed by atoms with Gasteiger partial charge in [0.15, 0.2) is 0 Å². The number of nitrogens with zero attached hydrogens (tertiary/aromatic N) is 1. The predicted molar refractivity (Wildman–Crippen MR) is 50.7 cm³/mol. The fraction of sp³-hybridized carbons (Fsp3) is 1.00. The van der Waals surface area contributed by atoms with E-state index in [1.54, 1.807) is 0 Å². The molecule has 1 saturated heterocycles. The van der Waals surface area contributed by atoms with E-state index in [2.05, 4.69) is 0 Å². The summed E-state index contributed by atoms with van der Waals surface area (Å²) < 4.78 is 35.2. The van der Waals surface area contributed by atoms with Gasteiger partial charge in [0.05, 0.1) is 0 Å². The normalized spacial score (nSPS) is 23.9. The molecule has 0 bridgehead atoms. The summed E-state index contributed by atoms with van der Waals surface area (Å²) >= 11 is 6.09. The first-order valence-corrected chi connectivity index (χ1v) is 6.66. The second-order valence-electron chi connectivity index (χ2n) is 5.30. The zero-order valence-corrected chi connectivity index (χ0v) is 11.7. The Labute approximate surface area is 108 Å². The first-order valence-electron chi connectivity index (χ1n) is 4.99. The van der Waals surface area contributed by atoms with Crippen molar-refractivity contribution < 1.29 is 33.6 Å². The highest BCUT2D eigenvalue weighted by Gasteiger charge is 2.53. The Morgan fingerprint density at radius 1 is 1.06 bits per heavy atom. The minimum Gasteiger partial charge on any atom is -0.222 e. The molecule has 0 atom stereocenters. The fourth-order valence-electron chi connectivity index (χ4n) is 2.14. The smallest absolute Gasteiger partial charge is 0.207 e. The maximum absolute atomic E-state index is 11.8. The molecule has 1 rings (SSSR count). The third-order valence-corrected chi connectivity index (χ3v) is 2.85. The molecule has 1 fully saturated rings. The molecular formula is C9H17Cl2NO5. The lowest BCUT2D eigenvalue weighted by Crippen LogP contribution is -2.68. The van der Waals surface area contributed by atoms with Gasteiger partial charge in [0.2, 0.25) is 11.1 Å². The van der Waals surface area contributed by atoms with Crippen molar-refractivity contribution >= 4 is 11.6 Å². The van der Waals surface area contributed by atoms with Crippen molar-refractivity contribution in [2.45, 2.75) is 57.0 Å². The summed E-state index contributed by atoms with van der Waals surface area (Å²) in [6.45, 7) is 7.82. The van der Waals surface area contributed by atoms with Gasteiger partial charge in [0.25, 0.3) is 0 Å². The molecular weight excluding hydrogens is 273 g/mol. The van der Waals surface area contributed by atoms with E-state index in [1.807, 2.05) is 27.7 Å². The molecule has 17 heavy (non-hydrogen) atoms. The molecule has 0 aromatic heterocycles. The van der Waals surface area contributed by atoms with Crippen LogP contribution >= 0.6 is 11.6 Å². The molecule has 1 heterocycles. The van der Waals surface area contributed by atoms with Crippen LogP contribution in [0.25, 0.3) is 0 Å². The van der Waals surface area contributed by atoms with Gasteiger partial charge in [-0.05, 0) is 0 Å². The average molecular weight is 290 g/mol. The monoisotopic (exact) mass is 289 g/mol. The fourth-order valence-corrected chi connectivity index (χ4v) is 2.90. The maximum atomic E-state index is 11.8. The van der Waals surface area contributed by atoms with Crippen molar-refractivity contribution in [3.63, 3.8) is 0 Å². The van der Waals surface area contributed by atoms with E-state index < -0.39 is 10.2 Å². The Balaban J connectivity index is 0.000000437. The number of hydrogen-bond acceptors (Lipinski definition) is 5. The quantitative estimate of drug-likeness (QED) is 0.377. The van der Waals surface area contributed by atoms with Crippen molar-refractivity contribution in [1.29, 1.82) is 0 Å². The highest BCUT2D eigenvalue weighted by atomic mass is 35.7. The molecule has 6 nitrogen and oxygen atoms in total. The number of piperidine rings is 1. The zero-order chi connectivity index (χ0) is 14.1. The van der Waals surface area contributed by atoms with E-state index in [0.717, 1.165) is 12.8 Å². The summed E-state index contributed by atoms with van der Waals surface area (Å²) in [5, 5.41) is 0.139. The number of hydrogen-bond donors (Lipinski definition) is 0. The summed E-state index contributed by atoms with van der Waals surface area (Å²) in [6.07, 6.45) is 1.56. The Hall–Kier alpha value is 0.0200. The summed E-state index contributed by atoms with van der Waals surface area (Å²) in [4.78, 5) is 11.8. The molecule has 0 spiro atoms. The maximum Gasteiger partial charge on any atom is 0.207 e. The van der Waals surface area contributed by atoms with E-state index in [0.29, 0.717) is 0 Å². The van der Waals surface area contributed by atoms with Crippen molar-refractivity contribution in [1.82, 2.24) is 0 Å². The second-order valence-corrected chi connectivity index (χ2v) is 6.68. The van der Waals surface area contributed by atoms with Gasteiger partial charge in [-0.3, -0.25) is 0 Å². The zero-order valence-electron chi connectivity index (χ0n) is 10.2. The van der Waals surface area contributed by atoms with Crippen molar-refractivity contribution in [2.75, 3.05) is 0 Å². The van der Waals surface area contributed by atoms with Crippen LogP contribution in [0.4, 0.5) is 0 Å². The van der Waals surface area contributed by atoms with Crippen LogP contribution in [0.15, 0.2) is 0 Å². The second kappa shape index (κ2) is 5.34. The van der Waals surface area contributed by atoms with Crippen LogP contribution in [-0.4, -0.2) is 21.2 Å². The summed E-state index contributed by atoms with van der Waals surface area (Å²) in [7, 11) is -4.94. The first-order chi connectivity index (χ1) is 7.26. The number of halogens is 2. The number of nitroso groups, excluding NO2 is 1. The van der Waals surface area contributed by atoms with Crippen LogP contribution < -0.4 is 18.6 Å². The van der Waals surface area contributed by atoms with Crippen LogP contribution in [0.1, 0.15) is 40.5 Å². The van der Waals surface area contributed by atoms with E-state index in [-0.39, 0.29) is 16.5 Å². The molecule has 0 saturated carbocycles. The average Bonchev–Trinajstić information content (AvgIpc) is 1.94. The van der Waals surface area contributed by atoms with Gasteiger partial charge in [0, 0.05) is 55.6 Å². The minimum atomic E-state index is -4.94. The molecule has 8 heteroatoms. The SMILES string of the molecule is CC1(C)CC(Cl)CC(C)(C)[N+]1=O.[O-][Cl+3]([O-])([O-])[O-]. The molecule has 0 unspecified atom stereocenters. The van der Waals surface area contributed by atoms with Crippen molar-refractivity contribution in [2.24, 2.45) is 0 Å². The number of rotatable bonds is 0. The highest BCUT2D eigenvalue weighted by molar-refractivity contribution is 6.20. The lowest BCUT2D eigenvalue weighted by Gasteiger charge is -2.33. The lowest BCUT2D eigenvalue weighted by molar-refractivity contribution is -2.00. The molecule has 0 aliphatic carbocycles. The largest absolute Gasteiger partial charge is 0.222 e. The van der Waals surface area contributed by atoms with Crippen molar-refractivity contribution in [3.8, 4) is 0 Å². The van der Waals surface area contributed by atoms with Crippen LogP contribution in [0, 0.1) is 15.2 Å². The topological polar surface area (TPSA) is 112 Å². The Kier molecular flexibility index (Phi) is 5.34. The molecule has 102 valence electrons. The lowest BCUT2D eigenvalue weighted by atomic mass is 9.82. The highest BCUT2D eigenvalue weighted by Crippen LogP contribution is 2.36. The van der Waals surface area contributed by atoms with Gasteiger partial charge in [0.1, 0.15) is 0 Å². The minimum absolute atomic E-state index is 0.139. The van der Waals surface area contributed by atoms with Crippen LogP contribution in [0.5, 0.6) is 0 Å². The van der Waals surface area contributed by atoms with Gasteiger partial charge in [-0.1, -0.05) is 0 Å². The van der Waals surface area contributed by atoms with Gasteiger partial charge in [-0.2, -0.15) is 0 Å². The van der Waals surface area contributed by atoms with Crippen LogP contribution in [-0.2, 0) is 0 Å². The van der Waals surface area contributed by atoms with E-state index >= 15 is 0 Å². The third-order valence-electron chi connectivity index (χ3n) is 2.54. The third kappa shape index (κ3) is 6.49. The Bertz CT molecular complexity index is 262. The summed E-state index contributed by atoms with van der Waals surface area (Å²) in [5.41, 5.74) is -0.623. The van der Waals surface area contributed by atoms with Crippen LogP contribution in [0.3, 0.4) is 0 Å². The summed E-state index contributed by atoms with van der Waals surface area (Å²) in [5.74, 6) is 0. The van der Waals surface area contributed by atoms with Gasteiger partial charge in [-0.15, -0.1) is 21.8 Å². The van der Waals surface area contributed by atoms with Crippen LogP contribution in [0.2, 0.25) is 0 Å². The number of alkyl halides is 1. The molecule has 0 N–H and O–H groups in total. The Morgan fingerprint density at radius 2 is 1.29 bits per heavy atom. The molecule has 0 aromatic carbocycles. The molecule has 0 amide bonds. The van der Waals surface area contributed by atoms with E-state index in [9.17, 15) is 4.91 Å². The van der Waals surface area contributed by atoms with Crippen molar-refractivity contribution in [3.05, 3.63) is 4.91 Å². The molecule has 0 radical (unpaired) electrons. The van der Waals surface area contributed by atoms with Gasteiger partial charge < -0.3 is 0 Å².